The van der Waals surface area contributed by atoms with Crippen molar-refractivity contribution in [2.45, 2.75) is 102 Å². The molecular weight excluding hydrogens is 845 g/mol. The van der Waals surface area contributed by atoms with Crippen molar-refractivity contribution in [1.29, 1.82) is 0 Å². The summed E-state index contributed by atoms with van der Waals surface area (Å²) in [6.45, 7) is 16.7. The van der Waals surface area contributed by atoms with Crippen LogP contribution in [0.4, 0.5) is 0 Å². The van der Waals surface area contributed by atoms with E-state index in [1.54, 1.807) is 78.2 Å². The minimum Gasteiger partial charge on any atom is -0.473 e. The van der Waals surface area contributed by atoms with Crippen molar-refractivity contribution in [3.05, 3.63) is 100.0 Å². The first-order chi connectivity index (χ1) is 32.1. The van der Waals surface area contributed by atoms with Crippen molar-refractivity contribution < 1.29 is 38.6 Å². The molecule has 3 N–H and O–H groups in total. The topological polar surface area (TPSA) is 220 Å². The number of nitrogens with zero attached hydrogens (tertiary/aromatic N) is 9. The molecule has 3 amide bonds. The van der Waals surface area contributed by atoms with Gasteiger partial charge in [0.2, 0.25) is 5.91 Å². The van der Waals surface area contributed by atoms with Crippen molar-refractivity contribution in [2.75, 3.05) is 59.0 Å². The minimum absolute atomic E-state index is 0.0478. The molecule has 354 valence electrons. The molecule has 0 aromatic carbocycles. The Balaban J connectivity index is 0.000000222. The van der Waals surface area contributed by atoms with Gasteiger partial charge in [-0.25, -0.2) is 9.79 Å². The number of likely N-dealkylation sites (tertiary alicyclic amines) is 3. The summed E-state index contributed by atoms with van der Waals surface area (Å²) in [5.41, 5.74) is 8.05. The van der Waals surface area contributed by atoms with Gasteiger partial charge in [-0.2, -0.15) is 0 Å². The lowest BCUT2D eigenvalue weighted by molar-refractivity contribution is -0.140. The number of nitrogens with two attached hydrogens (primary N) is 1. The van der Waals surface area contributed by atoms with Crippen molar-refractivity contribution in [3.63, 3.8) is 0 Å². The summed E-state index contributed by atoms with van der Waals surface area (Å²) in [6, 6.07) is 9.05. The minimum atomic E-state index is -0.967. The van der Waals surface area contributed by atoms with Crippen LogP contribution in [-0.2, 0) is 28.7 Å². The fourth-order valence-corrected chi connectivity index (χ4v) is 7.25. The first-order valence-corrected chi connectivity index (χ1v) is 22.6. The molecule has 7 heterocycles. The van der Waals surface area contributed by atoms with E-state index in [-0.39, 0.29) is 42.9 Å². The largest absolute Gasteiger partial charge is 0.473 e. The maximum Gasteiger partial charge on any atom is 0.391 e. The van der Waals surface area contributed by atoms with E-state index in [4.69, 9.17) is 17.0 Å². The predicted molar refractivity (Wildman–Crippen MR) is 251 cm³/mol. The highest BCUT2D eigenvalue weighted by Gasteiger charge is 2.37. The van der Waals surface area contributed by atoms with Crippen LogP contribution in [-0.4, -0.2) is 142 Å². The number of aliphatic hydroxyl groups excluding tert-OH is 1. The second kappa shape index (κ2) is 32.1. The normalized spacial score (nSPS) is 18.4. The zero-order valence-electron chi connectivity index (χ0n) is 38.1. The van der Waals surface area contributed by atoms with E-state index in [2.05, 4.69) is 40.9 Å². The van der Waals surface area contributed by atoms with Crippen LogP contribution >= 0.6 is 0 Å². The third kappa shape index (κ3) is 19.6. The summed E-state index contributed by atoms with van der Waals surface area (Å²) in [4.78, 5) is 83.1. The maximum atomic E-state index is 12.3. The zero-order valence-corrected chi connectivity index (χ0v) is 38.1. The second-order valence-corrected chi connectivity index (χ2v) is 15.6. The number of amides is 3. The molecule has 3 aromatic heterocycles. The summed E-state index contributed by atoms with van der Waals surface area (Å²) in [7, 11) is 0. The highest BCUT2D eigenvalue weighted by Crippen LogP contribution is 2.28. The number of aromatic nitrogens is 3. The van der Waals surface area contributed by atoms with Crippen LogP contribution in [0.2, 0.25) is 0 Å². The van der Waals surface area contributed by atoms with E-state index in [1.165, 1.54) is 38.5 Å². The van der Waals surface area contributed by atoms with E-state index < -0.39 is 18.2 Å². The lowest BCUT2D eigenvalue weighted by atomic mass is 10.0. The number of aldehydes is 1. The highest BCUT2D eigenvalue weighted by atomic mass is 16.5. The molecule has 18 nitrogen and oxygen atoms in total. The van der Waals surface area contributed by atoms with Crippen LogP contribution in [0.25, 0.3) is 9.69 Å². The van der Waals surface area contributed by atoms with Gasteiger partial charge in [0.25, 0.3) is 19.1 Å². The molecule has 1 aliphatic carbocycles. The fourth-order valence-electron chi connectivity index (χ4n) is 7.25. The van der Waals surface area contributed by atoms with Crippen LogP contribution in [0.3, 0.4) is 0 Å². The monoisotopic (exact) mass is 911 g/mol. The highest BCUT2D eigenvalue weighted by molar-refractivity contribution is 5.85. The molecule has 0 bridgehead atoms. The fraction of sp³-hybridized carbons (Fsp3) is 0.521. The molecule has 0 spiro atoms. The number of carbonyl (C=O) groups is 5. The molecule has 4 fully saturated rings. The van der Waals surface area contributed by atoms with Crippen molar-refractivity contribution >= 4 is 36.4 Å². The Morgan fingerprint density at radius 2 is 1.21 bits per heavy atom. The van der Waals surface area contributed by atoms with Crippen molar-refractivity contribution in [2.24, 2.45) is 10.7 Å². The SMILES string of the molecule is C#[N+]CC(=O)N1CCCC1.C#[N+]CC(=O)OCC.C1CCCC1.N[C@@H](C(=O)N1CCCC1)[C@@H](O)c1ccncc1.O=C([C@H]1N=COC1c1ccncc1)N1CCCC1.O=Cc1ccncc1. The lowest BCUT2D eigenvalue weighted by Crippen LogP contribution is -2.45. The first kappa shape index (κ1) is 53.7. The quantitative estimate of drug-likeness (QED) is 0.210. The summed E-state index contributed by atoms with van der Waals surface area (Å²) in [5, 5.41) is 10.0. The van der Waals surface area contributed by atoms with E-state index in [1.807, 2.05) is 17.0 Å². The van der Waals surface area contributed by atoms with Crippen LogP contribution in [0.1, 0.15) is 111 Å². The van der Waals surface area contributed by atoms with Crippen LogP contribution in [0, 0.1) is 13.1 Å². The number of pyridine rings is 3. The van der Waals surface area contributed by atoms with Gasteiger partial charge >= 0.3 is 25.0 Å². The Morgan fingerprint density at radius 1 is 0.742 bits per heavy atom. The molecule has 66 heavy (non-hydrogen) atoms. The summed E-state index contributed by atoms with van der Waals surface area (Å²) >= 11 is 0. The number of rotatable bonds is 9. The third-order valence-electron chi connectivity index (χ3n) is 10.8. The Bertz CT molecular complexity index is 1970. The van der Waals surface area contributed by atoms with Gasteiger partial charge in [0.15, 0.2) is 18.5 Å². The van der Waals surface area contributed by atoms with Crippen LogP contribution in [0.15, 0.2) is 78.6 Å². The lowest BCUT2D eigenvalue weighted by Gasteiger charge is -2.23. The Morgan fingerprint density at radius 3 is 1.68 bits per heavy atom. The number of hydrogen-bond donors (Lipinski definition) is 2. The first-order valence-electron chi connectivity index (χ1n) is 22.6. The molecule has 4 atom stereocenters. The van der Waals surface area contributed by atoms with Gasteiger partial charge < -0.3 is 35.0 Å². The van der Waals surface area contributed by atoms with Crippen molar-refractivity contribution in [1.82, 2.24) is 29.7 Å². The second-order valence-electron chi connectivity index (χ2n) is 15.6. The molecule has 1 unspecified atom stereocenters. The van der Waals surface area contributed by atoms with Gasteiger partial charge in [0.05, 0.1) is 6.61 Å². The smallest absolute Gasteiger partial charge is 0.391 e. The molecule has 8 rings (SSSR count). The van der Waals surface area contributed by atoms with Crippen LogP contribution in [0.5, 0.6) is 0 Å². The summed E-state index contributed by atoms with van der Waals surface area (Å²) in [5.74, 6) is -0.426. The molecule has 18 heteroatoms. The molecule has 3 saturated heterocycles. The van der Waals surface area contributed by atoms with E-state index in [9.17, 15) is 29.1 Å². The number of carbonyl (C=O) groups excluding carboxylic acids is 5. The van der Waals surface area contributed by atoms with Crippen LogP contribution < -0.4 is 5.73 Å². The Hall–Kier alpha value is -6.63. The van der Waals surface area contributed by atoms with E-state index in [0.29, 0.717) is 17.7 Å². The summed E-state index contributed by atoms with van der Waals surface area (Å²) < 4.78 is 9.93. The molecule has 1 saturated carbocycles. The average molecular weight is 911 g/mol. The predicted octanol–water partition coefficient (Wildman–Crippen LogP) is 5.17. The third-order valence-corrected chi connectivity index (χ3v) is 10.8. The molecule has 5 aliphatic rings. The van der Waals surface area contributed by atoms with Gasteiger partial charge in [-0.3, -0.25) is 34.1 Å². The Labute approximate surface area is 388 Å². The van der Waals surface area contributed by atoms with E-state index in [0.717, 1.165) is 89.6 Å². The number of ether oxygens (including phenoxy) is 2. The average Bonchev–Trinajstić information content (AvgIpc) is 4.23. The van der Waals surface area contributed by atoms with Gasteiger partial charge in [-0.15, -0.1) is 0 Å². The van der Waals surface area contributed by atoms with Gasteiger partial charge in [-0.05, 0) is 93.0 Å². The molecule has 4 aliphatic heterocycles. The Kier molecular flexibility index (Phi) is 26.1. The standard InChI is InChI=1S/C13H15N3O2.C12H17N3O2.C7H11N2O.C6H5NO.C5H8NO2.C5H10/c17-13(16-7-1-2-8-16)11-12(18-9-15-11)10-3-5-14-6-4-10;13-10(12(17)15-7-1-2-8-15)11(16)9-3-5-14-6-4-9;1-8-6-7(10)9-4-2-3-5-9;8-5-6-1-3-7-4-2-6;1-3-8-5(7)4-6-2;1-2-4-5-3-1/h3-6,9,11-12H,1-2,7-8H2;3-6,10-11,16H,1-2,7-8,13H2;1H,2-6H2;1-5H;2H,3-4H2,1H3;1-5H2/q;;+1;;+1;/t11-,12?;10-,11+;;;;/m01..../s1. The maximum absolute atomic E-state index is 12.3. The van der Waals surface area contributed by atoms with E-state index >= 15 is 0 Å². The molecular formula is C48H66N10O8+2. The number of esters is 1. The number of aliphatic hydroxyl groups is 1. The van der Waals surface area contributed by atoms with Crippen molar-refractivity contribution in [3.8, 4) is 13.1 Å². The number of aliphatic imine (C=N–C) groups is 1. The van der Waals surface area contributed by atoms with Gasteiger partial charge in [0.1, 0.15) is 18.4 Å². The zero-order chi connectivity index (χ0) is 47.8. The number of hydrogen-bond acceptors (Lipinski definition) is 13. The summed E-state index contributed by atoms with van der Waals surface area (Å²) in [6.07, 6.45) is 24.6. The van der Waals surface area contributed by atoms with Gasteiger partial charge in [0, 0.05) is 82.0 Å². The van der Waals surface area contributed by atoms with Gasteiger partial charge in [-0.1, -0.05) is 41.8 Å². The molecule has 3 aromatic rings. The molecule has 0 radical (unpaired) electrons.